The van der Waals surface area contributed by atoms with Crippen LogP contribution in [0.3, 0.4) is 0 Å². The molecule has 0 radical (unpaired) electrons. The third-order valence-corrected chi connectivity index (χ3v) is 8.66. The van der Waals surface area contributed by atoms with E-state index >= 15 is 0 Å². The Kier molecular flexibility index (Phi) is 7.62. The van der Waals surface area contributed by atoms with Crippen LogP contribution in [0.2, 0.25) is 0 Å². The highest BCUT2D eigenvalue weighted by Crippen LogP contribution is 2.39. The van der Waals surface area contributed by atoms with Gasteiger partial charge in [0.15, 0.2) is 0 Å². The van der Waals surface area contributed by atoms with E-state index in [0.29, 0.717) is 24.7 Å². The van der Waals surface area contributed by atoms with Crippen LogP contribution < -0.4 is 0 Å². The zero-order valence-corrected chi connectivity index (χ0v) is 19.9. The average molecular weight is 488 g/mol. The normalized spacial score (nSPS) is 31.6. The van der Waals surface area contributed by atoms with Gasteiger partial charge in [-0.2, -0.15) is 13.2 Å². The molecule has 0 aromatic carbocycles. The lowest BCUT2D eigenvalue weighted by molar-refractivity contribution is -0.187. The topological polar surface area (TPSA) is 70.2 Å². The van der Waals surface area contributed by atoms with Gasteiger partial charge >= 0.3 is 24.1 Å². The van der Waals surface area contributed by atoms with Crippen LogP contribution in [0.4, 0.5) is 18.0 Å². The molecule has 2 saturated carbocycles. The molecule has 0 atom stereocenters. The summed E-state index contributed by atoms with van der Waals surface area (Å²) in [7, 11) is 1.42. The summed E-state index contributed by atoms with van der Waals surface area (Å²) in [5, 5.41) is 0. The Morgan fingerprint density at radius 3 is 1.71 bits per heavy atom. The van der Waals surface area contributed by atoms with Crippen molar-refractivity contribution in [3.05, 3.63) is 0 Å². The number of likely N-dealkylation sites (tertiary alicyclic amines) is 1. The molecule has 0 N–H and O–H groups in total. The molecule has 2 aliphatic carbocycles. The van der Waals surface area contributed by atoms with Gasteiger partial charge in [-0.05, 0) is 76.0 Å². The molecule has 0 aromatic rings. The summed E-state index contributed by atoms with van der Waals surface area (Å²) in [6, 6.07) is 0.537. The minimum atomic E-state index is -4.79. The molecule has 10 heteroatoms. The number of hydrogen-bond donors (Lipinski definition) is 0. The number of urea groups is 1. The molecule has 192 valence electrons. The second-order valence-corrected chi connectivity index (χ2v) is 10.4. The number of nitrogens with zero attached hydrogens (tertiary/aromatic N) is 3. The van der Waals surface area contributed by atoms with Crippen molar-refractivity contribution in [1.82, 2.24) is 14.7 Å². The summed E-state index contributed by atoms with van der Waals surface area (Å²) in [5.74, 6) is -1.10. The molecule has 0 spiro atoms. The van der Waals surface area contributed by atoms with Crippen molar-refractivity contribution >= 4 is 17.9 Å². The monoisotopic (exact) mass is 487 g/mol. The van der Waals surface area contributed by atoms with E-state index in [4.69, 9.17) is 4.74 Å². The fraction of sp³-hybridized carbons (Fsp3) is 0.875. The van der Waals surface area contributed by atoms with Gasteiger partial charge in [-0.3, -0.25) is 9.59 Å². The summed E-state index contributed by atoms with van der Waals surface area (Å²) in [6.07, 6.45) is 3.49. The maximum Gasteiger partial charge on any atom is 0.471 e. The van der Waals surface area contributed by atoms with Crippen molar-refractivity contribution in [2.75, 3.05) is 33.3 Å². The van der Waals surface area contributed by atoms with Crippen molar-refractivity contribution < 1.29 is 32.3 Å². The molecular formula is C24H36F3N3O4. The molecule has 7 nitrogen and oxygen atoms in total. The first-order valence-electron chi connectivity index (χ1n) is 12.7. The predicted octanol–water partition coefficient (Wildman–Crippen LogP) is 3.82. The quantitative estimate of drug-likeness (QED) is 0.566. The molecule has 2 saturated heterocycles. The fourth-order valence-corrected chi connectivity index (χ4v) is 6.68. The van der Waals surface area contributed by atoms with Crippen LogP contribution in [-0.2, 0) is 14.3 Å². The van der Waals surface area contributed by atoms with Crippen LogP contribution in [0.15, 0.2) is 0 Å². The summed E-state index contributed by atoms with van der Waals surface area (Å²) in [4.78, 5) is 41.4. The summed E-state index contributed by atoms with van der Waals surface area (Å²) in [6.45, 7) is 1.84. The zero-order chi connectivity index (χ0) is 24.5. The second kappa shape index (κ2) is 10.3. The Morgan fingerprint density at radius 1 is 0.765 bits per heavy atom. The first-order chi connectivity index (χ1) is 16.2. The van der Waals surface area contributed by atoms with Gasteiger partial charge in [-0.1, -0.05) is 0 Å². The fourth-order valence-electron chi connectivity index (χ4n) is 6.68. The number of methoxy groups -OCH3 is 1. The lowest BCUT2D eigenvalue weighted by Gasteiger charge is -2.41. The minimum absolute atomic E-state index is 0.0521. The number of alkyl halides is 3. The van der Waals surface area contributed by atoms with Gasteiger partial charge in [0.2, 0.25) is 0 Å². The average Bonchev–Trinajstić information content (AvgIpc) is 3.24. The maximum atomic E-state index is 13.2. The number of carbonyl (C=O) groups excluding carboxylic acids is 3. The number of carbonyl (C=O) groups is 3. The molecule has 4 rings (SSSR count). The van der Waals surface area contributed by atoms with Crippen LogP contribution in [0, 0.1) is 17.8 Å². The van der Waals surface area contributed by atoms with E-state index in [9.17, 15) is 27.6 Å². The van der Waals surface area contributed by atoms with Crippen molar-refractivity contribution in [2.45, 2.75) is 82.5 Å². The Hall–Kier alpha value is -2.00. The molecular weight excluding hydrogens is 451 g/mol. The standard InChI is InChI=1S/C24H36F3N3O4/c1-34-21(31)18-4-8-20(9-5-18)30-15-14-29(23(30)33)19-6-2-16(3-7-19)17-10-12-28(13-11-17)22(32)24(25,26)27/h16-20H,2-15H2,1H3/t16-,18-,19-,20-. The van der Waals surface area contributed by atoms with E-state index in [2.05, 4.69) is 0 Å². The van der Waals surface area contributed by atoms with Gasteiger partial charge in [-0.15, -0.1) is 0 Å². The summed E-state index contributed by atoms with van der Waals surface area (Å²) >= 11 is 0. The molecule has 2 heterocycles. The van der Waals surface area contributed by atoms with E-state index < -0.39 is 12.1 Å². The first kappa shape index (κ1) is 25.1. The van der Waals surface area contributed by atoms with Crippen molar-refractivity contribution in [3.8, 4) is 0 Å². The summed E-state index contributed by atoms with van der Waals surface area (Å²) in [5.41, 5.74) is 0. The highest BCUT2D eigenvalue weighted by molar-refractivity contribution is 5.82. The van der Waals surface area contributed by atoms with Gasteiger partial charge in [0, 0.05) is 38.3 Å². The Labute approximate surface area is 198 Å². The van der Waals surface area contributed by atoms with E-state index in [1.807, 2.05) is 9.80 Å². The number of rotatable bonds is 4. The van der Waals surface area contributed by atoms with E-state index in [1.54, 1.807) is 0 Å². The SMILES string of the molecule is COC(=O)[C@H]1CC[C@H](N2CCN([C@H]3CC[C@H](C4CCN(C(=O)C(F)(F)F)CC4)CC3)C2=O)CC1. The molecule has 34 heavy (non-hydrogen) atoms. The van der Waals surface area contributed by atoms with Gasteiger partial charge < -0.3 is 19.4 Å². The van der Waals surface area contributed by atoms with Crippen molar-refractivity contribution in [2.24, 2.45) is 17.8 Å². The zero-order valence-electron chi connectivity index (χ0n) is 19.9. The molecule has 3 amide bonds. The number of ether oxygens (including phenoxy) is 1. The van der Waals surface area contributed by atoms with Crippen LogP contribution in [-0.4, -0.2) is 84.2 Å². The maximum absolute atomic E-state index is 13.2. The molecule has 0 aromatic heterocycles. The van der Waals surface area contributed by atoms with Gasteiger partial charge in [-0.25, -0.2) is 4.79 Å². The highest BCUT2D eigenvalue weighted by Gasteiger charge is 2.45. The molecule has 4 aliphatic rings. The van der Waals surface area contributed by atoms with Gasteiger partial charge in [0.1, 0.15) is 0 Å². The molecule has 0 bridgehead atoms. The van der Waals surface area contributed by atoms with Gasteiger partial charge in [0.25, 0.3) is 0 Å². The molecule has 4 fully saturated rings. The highest BCUT2D eigenvalue weighted by atomic mass is 19.4. The van der Waals surface area contributed by atoms with Gasteiger partial charge in [0.05, 0.1) is 13.0 Å². The largest absolute Gasteiger partial charge is 0.471 e. The number of halogens is 3. The first-order valence-corrected chi connectivity index (χ1v) is 12.7. The van der Waals surface area contributed by atoms with Crippen LogP contribution in [0.5, 0.6) is 0 Å². The van der Waals surface area contributed by atoms with Crippen LogP contribution >= 0.6 is 0 Å². The van der Waals surface area contributed by atoms with E-state index in [1.165, 1.54) is 7.11 Å². The minimum Gasteiger partial charge on any atom is -0.469 e. The van der Waals surface area contributed by atoms with Crippen molar-refractivity contribution in [1.29, 1.82) is 0 Å². The Balaban J connectivity index is 1.21. The summed E-state index contributed by atoms with van der Waals surface area (Å²) < 4.78 is 42.9. The van der Waals surface area contributed by atoms with Crippen LogP contribution in [0.1, 0.15) is 64.2 Å². The van der Waals surface area contributed by atoms with E-state index in [-0.39, 0.29) is 43.1 Å². The second-order valence-electron chi connectivity index (χ2n) is 10.4. The number of esters is 1. The third-order valence-electron chi connectivity index (χ3n) is 8.66. The lowest BCUT2D eigenvalue weighted by atomic mass is 9.74. The number of hydrogen-bond acceptors (Lipinski definition) is 4. The number of amides is 3. The van der Waals surface area contributed by atoms with Crippen LogP contribution in [0.25, 0.3) is 0 Å². The number of piperidine rings is 1. The van der Waals surface area contributed by atoms with Crippen molar-refractivity contribution in [3.63, 3.8) is 0 Å². The third kappa shape index (κ3) is 5.30. The predicted molar refractivity (Wildman–Crippen MR) is 118 cm³/mol. The molecule has 2 aliphatic heterocycles. The Morgan fingerprint density at radius 2 is 1.24 bits per heavy atom. The van der Waals surface area contributed by atoms with E-state index in [0.717, 1.165) is 69.4 Å². The Bertz CT molecular complexity index is 753. The smallest absolute Gasteiger partial charge is 0.469 e. The molecule has 0 unspecified atom stereocenters. The lowest BCUT2D eigenvalue weighted by Crippen LogP contribution is -2.47.